The number of carbonyl (C=O) groups is 3. The average molecular weight is 381 g/mol. The van der Waals surface area contributed by atoms with Gasteiger partial charge in [-0.1, -0.05) is 29.8 Å². The van der Waals surface area contributed by atoms with Crippen LogP contribution in [0.3, 0.4) is 0 Å². The van der Waals surface area contributed by atoms with Crippen LogP contribution < -0.4 is 16.0 Å². The highest BCUT2D eigenvalue weighted by atomic mass is 35.5. The standard InChI is InChI=1S/C17H21ClN4O4/c18-12-4-2-1-3-11(12)15-16(26-10-13(23)21-15)17(25)20-9-14(24)22-7-5-19-6-8-22/h1-4,15-16,19H,5-10H2,(H,20,25)(H,21,23)/t15-,16+/m1/s1. The van der Waals surface area contributed by atoms with Crippen LogP contribution in [0.1, 0.15) is 11.6 Å². The molecular weight excluding hydrogens is 360 g/mol. The van der Waals surface area contributed by atoms with E-state index in [-0.39, 0.29) is 25.0 Å². The first-order valence-electron chi connectivity index (χ1n) is 8.48. The molecular formula is C17H21ClN4O4. The van der Waals surface area contributed by atoms with Crippen molar-refractivity contribution in [3.8, 4) is 0 Å². The molecule has 140 valence electrons. The second-order valence-corrected chi connectivity index (χ2v) is 6.55. The quantitative estimate of drug-likeness (QED) is 0.650. The summed E-state index contributed by atoms with van der Waals surface area (Å²) in [6.45, 7) is 2.39. The summed E-state index contributed by atoms with van der Waals surface area (Å²) < 4.78 is 5.43. The zero-order valence-electron chi connectivity index (χ0n) is 14.2. The van der Waals surface area contributed by atoms with E-state index < -0.39 is 18.1 Å². The molecule has 2 aliphatic heterocycles. The fraction of sp³-hybridized carbons (Fsp3) is 0.471. The van der Waals surface area contributed by atoms with Gasteiger partial charge in [0, 0.05) is 31.2 Å². The summed E-state index contributed by atoms with van der Waals surface area (Å²) in [4.78, 5) is 38.2. The first kappa shape index (κ1) is 18.6. The van der Waals surface area contributed by atoms with Crippen molar-refractivity contribution in [2.45, 2.75) is 12.1 Å². The fourth-order valence-corrected chi connectivity index (χ4v) is 3.29. The van der Waals surface area contributed by atoms with Gasteiger partial charge in [0.2, 0.25) is 11.8 Å². The number of hydrogen-bond acceptors (Lipinski definition) is 5. The van der Waals surface area contributed by atoms with Gasteiger partial charge in [-0.15, -0.1) is 0 Å². The van der Waals surface area contributed by atoms with Gasteiger partial charge in [-0.25, -0.2) is 0 Å². The first-order valence-corrected chi connectivity index (χ1v) is 8.85. The number of ether oxygens (including phenoxy) is 1. The fourth-order valence-electron chi connectivity index (χ4n) is 3.04. The molecule has 0 bridgehead atoms. The van der Waals surface area contributed by atoms with Crippen molar-refractivity contribution in [3.63, 3.8) is 0 Å². The number of rotatable bonds is 4. The smallest absolute Gasteiger partial charge is 0.252 e. The number of morpholine rings is 1. The molecule has 0 saturated carbocycles. The van der Waals surface area contributed by atoms with Crippen molar-refractivity contribution in [2.24, 2.45) is 0 Å². The van der Waals surface area contributed by atoms with Gasteiger partial charge >= 0.3 is 0 Å². The largest absolute Gasteiger partial charge is 0.356 e. The van der Waals surface area contributed by atoms with Gasteiger partial charge in [-0.3, -0.25) is 14.4 Å². The molecule has 3 rings (SSSR count). The number of halogens is 1. The lowest BCUT2D eigenvalue weighted by molar-refractivity contribution is -0.149. The summed E-state index contributed by atoms with van der Waals surface area (Å²) in [6, 6.07) is 6.23. The van der Waals surface area contributed by atoms with Crippen LogP contribution in [-0.4, -0.2) is 68.1 Å². The molecule has 0 aromatic heterocycles. The highest BCUT2D eigenvalue weighted by molar-refractivity contribution is 6.31. The van der Waals surface area contributed by atoms with Crippen molar-refractivity contribution >= 4 is 29.3 Å². The molecule has 2 fully saturated rings. The molecule has 1 aromatic rings. The van der Waals surface area contributed by atoms with Crippen molar-refractivity contribution in [1.29, 1.82) is 0 Å². The Kier molecular flexibility index (Phi) is 6.08. The minimum Gasteiger partial charge on any atom is -0.356 e. The molecule has 1 aromatic carbocycles. The maximum atomic E-state index is 12.6. The number of benzene rings is 1. The number of carbonyl (C=O) groups excluding carboxylic acids is 3. The molecule has 0 radical (unpaired) electrons. The van der Waals surface area contributed by atoms with Gasteiger partial charge in [-0.2, -0.15) is 0 Å². The summed E-state index contributed by atoms with van der Waals surface area (Å²) >= 11 is 6.20. The summed E-state index contributed by atoms with van der Waals surface area (Å²) in [5, 5.41) is 8.95. The Hall–Kier alpha value is -2.16. The van der Waals surface area contributed by atoms with Crippen LogP contribution in [0.5, 0.6) is 0 Å². The number of amides is 3. The van der Waals surface area contributed by atoms with Gasteiger partial charge < -0.3 is 25.6 Å². The monoisotopic (exact) mass is 380 g/mol. The number of nitrogens with one attached hydrogen (secondary N) is 3. The lowest BCUT2D eigenvalue weighted by Gasteiger charge is -2.32. The van der Waals surface area contributed by atoms with Crippen LogP contribution in [0.4, 0.5) is 0 Å². The summed E-state index contributed by atoms with van der Waals surface area (Å²) in [5.74, 6) is -0.928. The molecule has 2 heterocycles. The summed E-state index contributed by atoms with van der Waals surface area (Å²) in [6.07, 6.45) is -0.955. The van der Waals surface area contributed by atoms with Crippen LogP contribution in [0.25, 0.3) is 0 Å². The molecule has 0 aliphatic carbocycles. The summed E-state index contributed by atoms with van der Waals surface area (Å²) in [7, 11) is 0. The molecule has 0 unspecified atom stereocenters. The molecule has 0 spiro atoms. The lowest BCUT2D eigenvalue weighted by Crippen LogP contribution is -2.54. The van der Waals surface area contributed by atoms with E-state index >= 15 is 0 Å². The summed E-state index contributed by atoms with van der Waals surface area (Å²) in [5.41, 5.74) is 0.593. The van der Waals surface area contributed by atoms with Gasteiger partial charge in [0.15, 0.2) is 6.10 Å². The molecule has 3 amide bonds. The zero-order valence-corrected chi connectivity index (χ0v) is 14.9. The van der Waals surface area contributed by atoms with E-state index in [1.165, 1.54) is 0 Å². The van der Waals surface area contributed by atoms with Crippen LogP contribution in [0.15, 0.2) is 24.3 Å². The normalized spacial score (nSPS) is 23.3. The molecule has 2 saturated heterocycles. The van der Waals surface area contributed by atoms with Crippen LogP contribution in [0, 0.1) is 0 Å². The van der Waals surface area contributed by atoms with Crippen LogP contribution in [0.2, 0.25) is 5.02 Å². The van der Waals surface area contributed by atoms with Crippen molar-refractivity contribution in [3.05, 3.63) is 34.9 Å². The maximum absolute atomic E-state index is 12.6. The van der Waals surface area contributed by atoms with Gasteiger partial charge in [0.1, 0.15) is 6.61 Å². The van der Waals surface area contributed by atoms with Crippen LogP contribution >= 0.6 is 11.6 Å². The van der Waals surface area contributed by atoms with Crippen LogP contribution in [-0.2, 0) is 19.1 Å². The Morgan fingerprint density at radius 2 is 2.00 bits per heavy atom. The van der Waals surface area contributed by atoms with E-state index in [0.717, 1.165) is 13.1 Å². The topological polar surface area (TPSA) is 99.8 Å². The predicted octanol–water partition coefficient (Wildman–Crippen LogP) is -0.556. The third-order valence-corrected chi connectivity index (χ3v) is 4.74. The molecule has 3 N–H and O–H groups in total. The van der Waals surface area contributed by atoms with E-state index in [1.807, 2.05) is 0 Å². The van der Waals surface area contributed by atoms with Crippen molar-refractivity contribution < 1.29 is 19.1 Å². The minimum atomic E-state index is -0.955. The average Bonchev–Trinajstić information content (AvgIpc) is 2.67. The highest BCUT2D eigenvalue weighted by Crippen LogP contribution is 2.28. The number of nitrogens with zero attached hydrogens (tertiary/aromatic N) is 1. The van der Waals surface area contributed by atoms with E-state index in [0.29, 0.717) is 23.7 Å². The zero-order chi connectivity index (χ0) is 18.5. The van der Waals surface area contributed by atoms with E-state index in [4.69, 9.17) is 16.3 Å². The van der Waals surface area contributed by atoms with E-state index in [1.54, 1.807) is 29.2 Å². The van der Waals surface area contributed by atoms with E-state index in [9.17, 15) is 14.4 Å². The Morgan fingerprint density at radius 1 is 1.27 bits per heavy atom. The Labute approximate surface area is 156 Å². The predicted molar refractivity (Wildman–Crippen MR) is 94.5 cm³/mol. The number of piperazine rings is 1. The Balaban J connectivity index is 1.65. The first-order chi connectivity index (χ1) is 12.6. The molecule has 2 atom stereocenters. The van der Waals surface area contributed by atoms with Crippen molar-refractivity contribution in [2.75, 3.05) is 39.3 Å². The molecule has 26 heavy (non-hydrogen) atoms. The van der Waals surface area contributed by atoms with Gasteiger partial charge in [-0.05, 0) is 11.6 Å². The molecule has 9 heteroatoms. The van der Waals surface area contributed by atoms with E-state index in [2.05, 4.69) is 16.0 Å². The Morgan fingerprint density at radius 3 is 2.73 bits per heavy atom. The van der Waals surface area contributed by atoms with Gasteiger partial charge in [0.25, 0.3) is 5.91 Å². The SMILES string of the molecule is O=C1CO[C@H](C(=O)NCC(=O)N2CCNCC2)[C@@H](c2ccccc2Cl)N1. The minimum absolute atomic E-state index is 0.109. The van der Waals surface area contributed by atoms with Crippen molar-refractivity contribution in [1.82, 2.24) is 20.9 Å². The third-order valence-electron chi connectivity index (χ3n) is 4.40. The molecule has 2 aliphatic rings. The molecule has 8 nitrogen and oxygen atoms in total. The highest BCUT2D eigenvalue weighted by Gasteiger charge is 2.37. The number of hydrogen-bond donors (Lipinski definition) is 3. The van der Waals surface area contributed by atoms with Gasteiger partial charge in [0.05, 0.1) is 12.6 Å². The maximum Gasteiger partial charge on any atom is 0.252 e. The lowest BCUT2D eigenvalue weighted by atomic mass is 9.99. The Bertz CT molecular complexity index is 693. The third kappa shape index (κ3) is 4.32. The second-order valence-electron chi connectivity index (χ2n) is 6.15. The second kappa shape index (κ2) is 8.48.